The first-order valence-electron chi connectivity index (χ1n) is 9.35. The molecule has 2 aromatic rings. The van der Waals surface area contributed by atoms with E-state index >= 15 is 0 Å². The fourth-order valence-corrected chi connectivity index (χ4v) is 3.72. The van der Waals surface area contributed by atoms with Gasteiger partial charge in [0.25, 0.3) is 0 Å². The lowest BCUT2D eigenvalue weighted by Crippen LogP contribution is -2.35. The van der Waals surface area contributed by atoms with Crippen molar-refractivity contribution < 1.29 is 5.11 Å². The van der Waals surface area contributed by atoms with E-state index in [1.54, 1.807) is 0 Å². The smallest absolute Gasteiger partial charge is 0.0564 e. The molecule has 134 valence electrons. The molecule has 1 fully saturated rings. The third-order valence-electron chi connectivity index (χ3n) is 5.00. The van der Waals surface area contributed by atoms with Crippen molar-refractivity contribution in [3.63, 3.8) is 0 Å². The first-order valence-corrected chi connectivity index (χ1v) is 9.35. The van der Waals surface area contributed by atoms with Crippen LogP contribution >= 0.6 is 0 Å². The van der Waals surface area contributed by atoms with Crippen LogP contribution in [0, 0.1) is 13.8 Å². The molecule has 0 aromatic heterocycles. The molecule has 0 saturated carbocycles. The summed E-state index contributed by atoms with van der Waals surface area (Å²) in [6, 6.07) is 15.4. The maximum Gasteiger partial charge on any atom is 0.0564 e. The van der Waals surface area contributed by atoms with E-state index in [4.69, 9.17) is 0 Å². The molecule has 3 heteroatoms. The fraction of sp³-hybridized carbons (Fsp3) is 0.455. The van der Waals surface area contributed by atoms with Crippen LogP contribution in [0.1, 0.15) is 40.7 Å². The van der Waals surface area contributed by atoms with Gasteiger partial charge < -0.3 is 10.4 Å². The zero-order valence-electron chi connectivity index (χ0n) is 15.5. The Morgan fingerprint density at radius 2 is 1.60 bits per heavy atom. The zero-order valence-corrected chi connectivity index (χ0v) is 15.5. The van der Waals surface area contributed by atoms with Gasteiger partial charge in [0.1, 0.15) is 0 Å². The number of nitrogens with zero attached hydrogens (tertiary/aromatic N) is 1. The number of hydrogen-bond donors (Lipinski definition) is 2. The molecule has 1 heterocycles. The van der Waals surface area contributed by atoms with Gasteiger partial charge in [-0.15, -0.1) is 0 Å². The number of hydrogen-bond acceptors (Lipinski definition) is 3. The van der Waals surface area contributed by atoms with Gasteiger partial charge in [-0.25, -0.2) is 0 Å². The van der Waals surface area contributed by atoms with Crippen LogP contribution in [0.5, 0.6) is 0 Å². The SMILES string of the molecule is Cc1cc(C)cc(CNCc2ccccc2CN2CCC(O)CC2)c1. The molecule has 25 heavy (non-hydrogen) atoms. The van der Waals surface area contributed by atoms with E-state index < -0.39 is 0 Å². The molecule has 3 nitrogen and oxygen atoms in total. The minimum atomic E-state index is -0.106. The molecule has 0 aliphatic carbocycles. The van der Waals surface area contributed by atoms with Crippen molar-refractivity contribution in [3.8, 4) is 0 Å². The van der Waals surface area contributed by atoms with Crippen molar-refractivity contribution in [1.29, 1.82) is 0 Å². The van der Waals surface area contributed by atoms with Crippen molar-refractivity contribution >= 4 is 0 Å². The van der Waals surface area contributed by atoms with Crippen molar-refractivity contribution in [2.45, 2.75) is 52.4 Å². The standard InChI is InChI=1S/C22H30N2O/c1-17-11-18(2)13-19(12-17)14-23-15-20-5-3-4-6-21(20)16-24-9-7-22(25)8-10-24/h3-6,11-13,22-23,25H,7-10,14-16H2,1-2H3. The van der Waals surface area contributed by atoms with E-state index in [2.05, 4.69) is 66.5 Å². The third kappa shape index (κ3) is 5.40. The summed E-state index contributed by atoms with van der Waals surface area (Å²) in [6.45, 7) is 9.06. The van der Waals surface area contributed by atoms with E-state index in [9.17, 15) is 5.11 Å². The molecule has 1 aliphatic heterocycles. The van der Waals surface area contributed by atoms with Crippen LogP contribution in [0.2, 0.25) is 0 Å². The third-order valence-corrected chi connectivity index (χ3v) is 5.00. The number of piperidine rings is 1. The molecule has 2 aromatic carbocycles. The Balaban J connectivity index is 1.57. The van der Waals surface area contributed by atoms with E-state index in [-0.39, 0.29) is 6.10 Å². The molecule has 0 radical (unpaired) electrons. The normalized spacial score (nSPS) is 16.3. The van der Waals surface area contributed by atoms with E-state index in [1.165, 1.54) is 27.8 Å². The molecular formula is C22H30N2O. The number of aliphatic hydroxyl groups excluding tert-OH is 1. The van der Waals surface area contributed by atoms with Crippen LogP contribution in [0.15, 0.2) is 42.5 Å². The monoisotopic (exact) mass is 338 g/mol. The first-order chi connectivity index (χ1) is 12.1. The predicted molar refractivity (Wildman–Crippen MR) is 103 cm³/mol. The molecule has 2 N–H and O–H groups in total. The van der Waals surface area contributed by atoms with E-state index in [0.717, 1.165) is 45.6 Å². The number of nitrogens with one attached hydrogen (secondary N) is 1. The second kappa shape index (κ2) is 8.61. The highest BCUT2D eigenvalue weighted by atomic mass is 16.3. The van der Waals surface area contributed by atoms with Gasteiger partial charge in [-0.05, 0) is 43.4 Å². The lowest BCUT2D eigenvalue weighted by molar-refractivity contribution is 0.0791. The van der Waals surface area contributed by atoms with Crippen LogP contribution in [0.4, 0.5) is 0 Å². The van der Waals surface area contributed by atoms with Gasteiger partial charge >= 0.3 is 0 Å². The summed E-state index contributed by atoms with van der Waals surface area (Å²) >= 11 is 0. The van der Waals surface area contributed by atoms with Gasteiger partial charge in [-0.2, -0.15) is 0 Å². The highest BCUT2D eigenvalue weighted by Crippen LogP contribution is 2.17. The van der Waals surface area contributed by atoms with Gasteiger partial charge in [-0.1, -0.05) is 53.6 Å². The number of aryl methyl sites for hydroxylation is 2. The molecule has 1 aliphatic rings. The molecular weight excluding hydrogens is 308 g/mol. The summed E-state index contributed by atoms with van der Waals surface area (Å²) in [5, 5.41) is 13.3. The Kier molecular flexibility index (Phi) is 6.24. The molecule has 0 atom stereocenters. The van der Waals surface area contributed by atoms with Gasteiger partial charge in [0.15, 0.2) is 0 Å². The minimum Gasteiger partial charge on any atom is -0.393 e. The van der Waals surface area contributed by atoms with Crippen molar-refractivity contribution in [1.82, 2.24) is 10.2 Å². The van der Waals surface area contributed by atoms with Crippen LogP contribution < -0.4 is 5.32 Å². The summed E-state index contributed by atoms with van der Waals surface area (Å²) < 4.78 is 0. The Morgan fingerprint density at radius 1 is 0.960 bits per heavy atom. The second-order valence-corrected chi connectivity index (χ2v) is 7.38. The summed E-state index contributed by atoms with van der Waals surface area (Å²) in [6.07, 6.45) is 1.69. The topological polar surface area (TPSA) is 35.5 Å². The lowest BCUT2D eigenvalue weighted by Gasteiger charge is -2.30. The number of rotatable bonds is 6. The highest BCUT2D eigenvalue weighted by Gasteiger charge is 2.17. The molecule has 0 spiro atoms. The maximum absolute atomic E-state index is 9.67. The predicted octanol–water partition coefficient (Wildman–Crippen LogP) is 3.55. The first kappa shape index (κ1) is 18.1. The fourth-order valence-electron chi connectivity index (χ4n) is 3.72. The summed E-state index contributed by atoms with van der Waals surface area (Å²) in [5.41, 5.74) is 6.76. The molecule has 0 bridgehead atoms. The van der Waals surface area contributed by atoms with Crippen LogP contribution in [0.3, 0.4) is 0 Å². The number of likely N-dealkylation sites (tertiary alicyclic amines) is 1. The Labute approximate surface area is 151 Å². The Hall–Kier alpha value is -1.68. The van der Waals surface area contributed by atoms with Crippen molar-refractivity contribution in [2.24, 2.45) is 0 Å². The minimum absolute atomic E-state index is 0.106. The van der Waals surface area contributed by atoms with Crippen molar-refractivity contribution in [3.05, 3.63) is 70.3 Å². The maximum atomic E-state index is 9.67. The lowest BCUT2D eigenvalue weighted by atomic mass is 10.0. The molecule has 1 saturated heterocycles. The number of aliphatic hydroxyl groups is 1. The van der Waals surface area contributed by atoms with E-state index in [1.807, 2.05) is 0 Å². The van der Waals surface area contributed by atoms with Gasteiger partial charge in [0, 0.05) is 32.7 Å². The van der Waals surface area contributed by atoms with E-state index in [0.29, 0.717) is 0 Å². The second-order valence-electron chi connectivity index (χ2n) is 7.38. The van der Waals surface area contributed by atoms with Gasteiger partial charge in [-0.3, -0.25) is 4.90 Å². The molecule has 3 rings (SSSR count). The summed E-state index contributed by atoms with van der Waals surface area (Å²) in [4.78, 5) is 2.45. The summed E-state index contributed by atoms with van der Waals surface area (Å²) in [7, 11) is 0. The largest absolute Gasteiger partial charge is 0.393 e. The summed E-state index contributed by atoms with van der Waals surface area (Å²) in [5.74, 6) is 0. The van der Waals surface area contributed by atoms with Crippen LogP contribution in [-0.4, -0.2) is 29.2 Å². The van der Waals surface area contributed by atoms with Gasteiger partial charge in [0.2, 0.25) is 0 Å². The molecule has 0 unspecified atom stereocenters. The Morgan fingerprint density at radius 3 is 2.28 bits per heavy atom. The van der Waals surface area contributed by atoms with Gasteiger partial charge in [0.05, 0.1) is 6.10 Å². The highest BCUT2D eigenvalue weighted by molar-refractivity contribution is 5.29. The van der Waals surface area contributed by atoms with Crippen LogP contribution in [-0.2, 0) is 19.6 Å². The Bertz CT molecular complexity index is 670. The zero-order chi connectivity index (χ0) is 17.6. The quantitative estimate of drug-likeness (QED) is 0.845. The molecule has 0 amide bonds. The van der Waals surface area contributed by atoms with Crippen molar-refractivity contribution in [2.75, 3.05) is 13.1 Å². The van der Waals surface area contributed by atoms with Crippen LogP contribution in [0.25, 0.3) is 0 Å². The average molecular weight is 338 g/mol. The average Bonchev–Trinajstić information content (AvgIpc) is 2.57. The number of benzene rings is 2.